The summed E-state index contributed by atoms with van der Waals surface area (Å²) in [5.74, 6) is 4.14. The van der Waals surface area contributed by atoms with Gasteiger partial charge >= 0.3 is 11.5 Å². The number of hydrogen-bond donors (Lipinski definition) is 1. The Hall–Kier alpha value is -4.84. The van der Waals surface area contributed by atoms with Crippen molar-refractivity contribution in [3.05, 3.63) is 124 Å². The van der Waals surface area contributed by atoms with Crippen LogP contribution in [0, 0.1) is 5.41 Å². The van der Waals surface area contributed by atoms with Crippen LogP contribution >= 0.6 is 0 Å². The van der Waals surface area contributed by atoms with Crippen molar-refractivity contribution >= 4 is 17.6 Å². The third-order valence-electron chi connectivity index (χ3n) is 7.75. The maximum atomic E-state index is 13.5. The summed E-state index contributed by atoms with van der Waals surface area (Å²) in [6.07, 6.45) is 7.42. The van der Waals surface area contributed by atoms with E-state index in [0.29, 0.717) is 11.5 Å². The molecule has 1 aliphatic heterocycles. The molecule has 3 aromatic rings. The fourth-order valence-corrected chi connectivity index (χ4v) is 5.22. The van der Waals surface area contributed by atoms with E-state index in [1.165, 1.54) is 0 Å². The van der Waals surface area contributed by atoms with Gasteiger partial charge in [0.2, 0.25) is 5.78 Å². The molecule has 0 spiro atoms. The van der Waals surface area contributed by atoms with Crippen LogP contribution < -0.4 is 9.47 Å². The minimum atomic E-state index is -0.285. The number of aliphatic hydroxyl groups excluding tert-OH is 1. The van der Waals surface area contributed by atoms with Crippen molar-refractivity contribution in [3.8, 4) is 22.8 Å². The van der Waals surface area contributed by atoms with Crippen molar-refractivity contribution in [2.75, 3.05) is 0 Å². The Morgan fingerprint density at radius 2 is 1.31 bits per heavy atom. The van der Waals surface area contributed by atoms with E-state index in [1.54, 1.807) is 12.2 Å². The molecule has 2 aromatic carbocycles. The number of benzene rings is 2. The average Bonchev–Trinajstić information content (AvgIpc) is 3.01. The number of aliphatic hydroxyl groups is 1. The first kappa shape index (κ1) is 34.5. The van der Waals surface area contributed by atoms with Gasteiger partial charge in [0.05, 0.1) is 40.4 Å². The lowest BCUT2D eigenvalue weighted by atomic mass is 9.84. The molecule has 6 nitrogen and oxygen atoms in total. The Morgan fingerprint density at radius 1 is 0.750 bits per heavy atom. The molecule has 5 rings (SSSR count). The lowest BCUT2D eigenvalue weighted by Gasteiger charge is -2.28. The summed E-state index contributed by atoms with van der Waals surface area (Å²) in [5, 5.41) is 11.2. The Labute approximate surface area is 284 Å². The lowest BCUT2D eigenvalue weighted by molar-refractivity contribution is -0.113. The maximum absolute atomic E-state index is 13.5. The Bertz CT molecular complexity index is 1850. The zero-order valence-electron chi connectivity index (χ0n) is 29.7. The Morgan fingerprint density at radius 3 is 1.81 bits per heavy atom. The summed E-state index contributed by atoms with van der Waals surface area (Å²) in [6, 6.07) is 19.3. The van der Waals surface area contributed by atoms with Gasteiger partial charge in [-0.05, 0) is 132 Å². The molecule has 1 N–H and O–H groups in total. The highest BCUT2D eigenvalue weighted by Crippen LogP contribution is 2.39. The number of Topliss-reactive ketones (excluding diaryl/α,β-unsaturated/α-hetero) is 1. The molecule has 0 saturated heterocycles. The number of rotatable bonds is 8. The molecular formula is C42H47O6+. The molecule has 0 unspecified atom stereocenters. The van der Waals surface area contributed by atoms with Gasteiger partial charge in [0.1, 0.15) is 28.8 Å². The second-order valence-corrected chi connectivity index (χ2v) is 14.9. The topological polar surface area (TPSA) is 76.3 Å². The second-order valence-electron chi connectivity index (χ2n) is 14.9. The van der Waals surface area contributed by atoms with Gasteiger partial charge in [0.15, 0.2) is 0 Å². The van der Waals surface area contributed by atoms with Crippen LogP contribution in [0.15, 0.2) is 112 Å². The summed E-state index contributed by atoms with van der Waals surface area (Å²) in [4.78, 5) is 13.5. The molecule has 0 saturated carbocycles. The van der Waals surface area contributed by atoms with Crippen LogP contribution in [-0.4, -0.2) is 23.1 Å². The van der Waals surface area contributed by atoms with E-state index in [-0.39, 0.29) is 45.7 Å². The molecule has 0 radical (unpaired) electrons. The first-order valence-electron chi connectivity index (χ1n) is 16.5. The fourth-order valence-electron chi connectivity index (χ4n) is 5.22. The van der Waals surface area contributed by atoms with Crippen LogP contribution in [0.25, 0.3) is 23.2 Å². The van der Waals surface area contributed by atoms with Gasteiger partial charge in [0, 0.05) is 17.0 Å². The van der Waals surface area contributed by atoms with E-state index >= 15 is 0 Å². The van der Waals surface area contributed by atoms with Gasteiger partial charge in [-0.2, -0.15) is 0 Å². The van der Waals surface area contributed by atoms with Crippen molar-refractivity contribution in [1.82, 2.24) is 0 Å². The van der Waals surface area contributed by atoms with E-state index in [2.05, 4.69) is 41.5 Å². The maximum Gasteiger partial charge on any atom is 0.360 e. The largest absolute Gasteiger partial charge is 0.506 e. The molecule has 1 aliphatic carbocycles. The van der Waals surface area contributed by atoms with Crippen LogP contribution in [0.4, 0.5) is 0 Å². The zero-order valence-corrected chi connectivity index (χ0v) is 29.7. The van der Waals surface area contributed by atoms with Gasteiger partial charge in [-0.3, -0.25) is 4.79 Å². The number of ether oxygens (including phenoxy) is 3. The molecule has 2 aliphatic rings. The second kappa shape index (κ2) is 13.3. The molecule has 2 heterocycles. The molecule has 48 heavy (non-hydrogen) atoms. The quantitative estimate of drug-likeness (QED) is 0.194. The molecule has 0 bridgehead atoms. The van der Waals surface area contributed by atoms with Gasteiger partial charge in [-0.1, -0.05) is 20.8 Å². The van der Waals surface area contributed by atoms with Crippen LogP contribution in [0.2, 0.25) is 0 Å². The van der Waals surface area contributed by atoms with Crippen LogP contribution in [0.5, 0.6) is 11.5 Å². The highest BCUT2D eigenvalue weighted by molar-refractivity contribution is 6.23. The van der Waals surface area contributed by atoms with E-state index in [9.17, 15) is 9.90 Å². The molecule has 6 heteroatoms. The first-order valence-corrected chi connectivity index (χ1v) is 16.5. The monoisotopic (exact) mass is 647 g/mol. The van der Waals surface area contributed by atoms with Crippen molar-refractivity contribution in [2.45, 2.75) is 86.9 Å². The molecule has 0 atom stereocenters. The lowest BCUT2D eigenvalue weighted by Crippen LogP contribution is -2.21. The summed E-state index contributed by atoms with van der Waals surface area (Å²) in [7, 11) is 0. The van der Waals surface area contributed by atoms with Gasteiger partial charge in [0.25, 0.3) is 0 Å². The average molecular weight is 648 g/mol. The van der Waals surface area contributed by atoms with Crippen molar-refractivity contribution < 1.29 is 28.5 Å². The van der Waals surface area contributed by atoms with Crippen molar-refractivity contribution in [2.24, 2.45) is 5.41 Å². The minimum Gasteiger partial charge on any atom is -0.506 e. The number of carbonyl (C=O) groups excluding carboxylic acids is 1. The van der Waals surface area contributed by atoms with Gasteiger partial charge in [-0.15, -0.1) is 0 Å². The van der Waals surface area contributed by atoms with Crippen molar-refractivity contribution in [1.29, 1.82) is 0 Å². The van der Waals surface area contributed by atoms with Crippen LogP contribution in [0.3, 0.4) is 0 Å². The summed E-state index contributed by atoms with van der Waals surface area (Å²) in [6.45, 7) is 20.4. The number of ketones is 1. The van der Waals surface area contributed by atoms with Gasteiger partial charge in [-0.25, -0.2) is 4.42 Å². The minimum absolute atomic E-state index is 0.0373. The summed E-state index contributed by atoms with van der Waals surface area (Å²) in [5.41, 5.74) is 3.24. The van der Waals surface area contributed by atoms with E-state index in [4.69, 9.17) is 18.6 Å². The molecule has 1 aromatic heterocycles. The normalized spacial score (nSPS) is 17.0. The van der Waals surface area contributed by atoms with Crippen LogP contribution in [0.1, 0.15) is 86.1 Å². The molecular weight excluding hydrogens is 600 g/mol. The Kier molecular flexibility index (Phi) is 9.59. The molecule has 250 valence electrons. The third-order valence-corrected chi connectivity index (χ3v) is 7.75. The van der Waals surface area contributed by atoms with E-state index < -0.39 is 0 Å². The number of carbonyl (C=O) groups is 1. The number of allylic oxidation sites excluding steroid dienone is 7. The SMILES string of the molecule is CC(C)Oc1ccc(C2=CC(=CC3=C(O)C(=Cc4cc(-c5ccc(OC(C)C)cc5)[o+]c(C(C)(C)C)c4)C3=O)C=C(C(C)(C)C)O2)cc1. The van der Waals surface area contributed by atoms with E-state index in [0.717, 1.165) is 45.3 Å². The van der Waals surface area contributed by atoms with Crippen molar-refractivity contribution in [3.63, 3.8) is 0 Å². The predicted molar refractivity (Wildman–Crippen MR) is 193 cm³/mol. The van der Waals surface area contributed by atoms with Crippen LogP contribution in [-0.2, 0) is 14.9 Å². The highest BCUT2D eigenvalue weighted by atomic mass is 16.5. The third kappa shape index (κ3) is 7.99. The summed E-state index contributed by atoms with van der Waals surface area (Å²) >= 11 is 0. The summed E-state index contributed by atoms with van der Waals surface area (Å²) < 4.78 is 24.3. The zero-order chi connectivity index (χ0) is 35.0. The fraction of sp³-hybridized carbons (Fsp3) is 0.333. The number of hydrogen-bond acceptors (Lipinski definition) is 5. The Balaban J connectivity index is 1.49. The smallest absolute Gasteiger partial charge is 0.360 e. The molecule has 0 fully saturated rings. The molecule has 0 amide bonds. The van der Waals surface area contributed by atoms with E-state index in [1.807, 2.05) is 101 Å². The highest BCUT2D eigenvalue weighted by Gasteiger charge is 2.35. The van der Waals surface area contributed by atoms with Gasteiger partial charge < -0.3 is 19.3 Å². The predicted octanol–water partition coefficient (Wildman–Crippen LogP) is 10.8. The first-order chi connectivity index (χ1) is 22.5. The standard InChI is InChI=1S/C42H46O6/c1-25(2)45-31-15-11-29(12-16-31)35-21-27(23-37(47-35)41(5,6)7)19-33-39(43)34(40(33)44)20-28-22-36(48-38(24-28)42(8,9)10)30-13-17-32(18-14-30)46-26(3)4/h11-26H,1-10H3/p+1.